The molecule has 2 heterocycles. The van der Waals surface area contributed by atoms with Gasteiger partial charge in [0.1, 0.15) is 0 Å². The summed E-state index contributed by atoms with van der Waals surface area (Å²) in [5.74, 6) is 2.26. The van der Waals surface area contributed by atoms with Crippen molar-refractivity contribution in [3.63, 3.8) is 0 Å². The predicted octanol–water partition coefficient (Wildman–Crippen LogP) is 1.22. The Bertz CT molecular complexity index is 280. The van der Waals surface area contributed by atoms with E-state index in [-0.39, 0.29) is 0 Å². The molecule has 1 aliphatic rings. The summed E-state index contributed by atoms with van der Waals surface area (Å²) >= 11 is 1.70. The maximum absolute atomic E-state index is 11.6. The Morgan fingerprint density at radius 3 is 3.00 bits per heavy atom. The topological polar surface area (TPSA) is 29.1 Å². The summed E-state index contributed by atoms with van der Waals surface area (Å²) in [7, 11) is -0.658. The second kappa shape index (κ2) is 4.35. The first-order valence-corrected chi connectivity index (χ1v) is 6.79. The van der Waals surface area contributed by atoms with Crippen molar-refractivity contribution < 1.29 is 4.21 Å². The second-order valence-electron chi connectivity index (χ2n) is 3.35. The van der Waals surface area contributed by atoms with Gasteiger partial charge in [0, 0.05) is 34.5 Å². The number of thiophene rings is 1. The van der Waals surface area contributed by atoms with Crippen LogP contribution < -0.4 is 5.32 Å². The molecule has 0 radical (unpaired) electrons. The van der Waals surface area contributed by atoms with E-state index in [2.05, 4.69) is 11.4 Å². The Morgan fingerprint density at radius 2 is 2.46 bits per heavy atom. The summed E-state index contributed by atoms with van der Waals surface area (Å²) in [6.45, 7) is 2.10. The average Bonchev–Trinajstić information content (AvgIpc) is 2.49. The van der Waals surface area contributed by atoms with Gasteiger partial charge in [-0.25, -0.2) is 0 Å². The Kier molecular flexibility index (Phi) is 3.14. The van der Waals surface area contributed by atoms with Crippen molar-refractivity contribution in [1.82, 2.24) is 5.32 Å². The third-order valence-corrected chi connectivity index (χ3v) is 4.71. The lowest BCUT2D eigenvalue weighted by Crippen LogP contribution is -2.44. The number of rotatable bonds is 4. The van der Waals surface area contributed by atoms with Gasteiger partial charge in [-0.15, -0.1) is 11.3 Å². The molecule has 0 spiro atoms. The van der Waals surface area contributed by atoms with Gasteiger partial charge in [0.15, 0.2) is 0 Å². The smallest absolute Gasteiger partial charge is 0.0579 e. The fraction of sp³-hybridized carbons (Fsp3) is 0.556. The normalized spacial score (nSPS) is 19.7. The molecule has 1 fully saturated rings. The van der Waals surface area contributed by atoms with Crippen LogP contribution in [0.25, 0.3) is 0 Å². The predicted molar refractivity (Wildman–Crippen MR) is 57.4 cm³/mol. The van der Waals surface area contributed by atoms with Gasteiger partial charge in [0.05, 0.1) is 5.75 Å². The standard InChI is InChI=1S/C9H13NOS2/c11-13(6-8-4-10-5-8)7-9-2-1-3-12-9/h1-3,8,10H,4-7H2. The molecule has 2 nitrogen and oxygen atoms in total. The molecule has 0 saturated carbocycles. The lowest BCUT2D eigenvalue weighted by molar-refractivity contribution is 0.382. The van der Waals surface area contributed by atoms with E-state index in [1.54, 1.807) is 11.3 Å². The SMILES string of the molecule is O=S(Cc1cccs1)CC1CNC1. The Labute approximate surface area is 84.8 Å². The van der Waals surface area contributed by atoms with Crippen LogP contribution in [-0.4, -0.2) is 23.1 Å². The van der Waals surface area contributed by atoms with Crippen molar-refractivity contribution in [2.45, 2.75) is 5.75 Å². The van der Waals surface area contributed by atoms with E-state index in [0.717, 1.165) is 24.6 Å². The number of nitrogens with one attached hydrogen (secondary N) is 1. The molecule has 1 saturated heterocycles. The molecule has 0 aromatic carbocycles. The molecular formula is C9H13NOS2. The minimum Gasteiger partial charge on any atom is -0.316 e. The van der Waals surface area contributed by atoms with Crippen molar-refractivity contribution in [2.24, 2.45) is 5.92 Å². The van der Waals surface area contributed by atoms with Crippen LogP contribution >= 0.6 is 11.3 Å². The molecule has 72 valence electrons. The Morgan fingerprint density at radius 1 is 1.62 bits per heavy atom. The van der Waals surface area contributed by atoms with Crippen LogP contribution in [0.15, 0.2) is 17.5 Å². The fourth-order valence-electron chi connectivity index (χ4n) is 1.34. The van der Waals surface area contributed by atoms with Crippen LogP contribution in [0.4, 0.5) is 0 Å². The van der Waals surface area contributed by atoms with E-state index in [4.69, 9.17) is 0 Å². The maximum atomic E-state index is 11.6. The van der Waals surface area contributed by atoms with E-state index in [1.165, 1.54) is 4.88 Å². The lowest BCUT2D eigenvalue weighted by atomic mass is 10.1. The van der Waals surface area contributed by atoms with Crippen LogP contribution in [0.5, 0.6) is 0 Å². The van der Waals surface area contributed by atoms with Crippen LogP contribution in [0.1, 0.15) is 4.88 Å². The summed E-state index contributed by atoms with van der Waals surface area (Å²) in [5.41, 5.74) is 0. The number of hydrogen-bond donors (Lipinski definition) is 1. The molecule has 1 unspecified atom stereocenters. The van der Waals surface area contributed by atoms with Crippen molar-refractivity contribution in [3.05, 3.63) is 22.4 Å². The first kappa shape index (κ1) is 9.37. The van der Waals surface area contributed by atoms with Gasteiger partial charge in [0.2, 0.25) is 0 Å². The molecule has 1 aliphatic heterocycles. The number of hydrogen-bond acceptors (Lipinski definition) is 3. The quantitative estimate of drug-likeness (QED) is 0.818. The summed E-state index contributed by atoms with van der Waals surface area (Å²) in [6.07, 6.45) is 0. The van der Waals surface area contributed by atoms with Crippen LogP contribution in [-0.2, 0) is 16.6 Å². The third-order valence-electron chi connectivity index (χ3n) is 2.17. The summed E-state index contributed by atoms with van der Waals surface area (Å²) < 4.78 is 11.6. The highest BCUT2D eigenvalue weighted by molar-refractivity contribution is 7.84. The van der Waals surface area contributed by atoms with Crippen molar-refractivity contribution in [3.8, 4) is 0 Å². The van der Waals surface area contributed by atoms with Crippen molar-refractivity contribution in [2.75, 3.05) is 18.8 Å². The lowest BCUT2D eigenvalue weighted by Gasteiger charge is -2.26. The van der Waals surface area contributed by atoms with Crippen molar-refractivity contribution in [1.29, 1.82) is 0 Å². The average molecular weight is 215 g/mol. The van der Waals surface area contributed by atoms with E-state index >= 15 is 0 Å². The molecule has 0 amide bonds. The molecule has 1 aromatic heterocycles. The Balaban J connectivity index is 1.78. The largest absolute Gasteiger partial charge is 0.316 e. The third kappa shape index (κ3) is 2.62. The first-order chi connectivity index (χ1) is 6.34. The van der Waals surface area contributed by atoms with Gasteiger partial charge < -0.3 is 5.32 Å². The molecule has 13 heavy (non-hydrogen) atoms. The van der Waals surface area contributed by atoms with Gasteiger partial charge in [-0.1, -0.05) is 6.07 Å². The highest BCUT2D eigenvalue weighted by Crippen LogP contribution is 2.13. The van der Waals surface area contributed by atoms with E-state index in [0.29, 0.717) is 5.92 Å². The van der Waals surface area contributed by atoms with Crippen LogP contribution in [0.2, 0.25) is 0 Å². The zero-order valence-corrected chi connectivity index (χ0v) is 9.00. The van der Waals surface area contributed by atoms with Gasteiger partial charge in [0.25, 0.3) is 0 Å². The molecule has 1 N–H and O–H groups in total. The first-order valence-electron chi connectivity index (χ1n) is 4.42. The molecule has 0 aliphatic carbocycles. The molecule has 1 aromatic rings. The molecule has 1 atom stereocenters. The van der Waals surface area contributed by atoms with Gasteiger partial charge in [-0.3, -0.25) is 4.21 Å². The highest BCUT2D eigenvalue weighted by Gasteiger charge is 2.19. The molecule has 0 bridgehead atoms. The monoisotopic (exact) mass is 215 g/mol. The molecule has 2 rings (SSSR count). The summed E-state index contributed by atoms with van der Waals surface area (Å²) in [4.78, 5) is 1.24. The van der Waals surface area contributed by atoms with E-state index < -0.39 is 10.8 Å². The van der Waals surface area contributed by atoms with Crippen molar-refractivity contribution >= 4 is 22.1 Å². The molecular weight excluding hydrogens is 202 g/mol. The van der Waals surface area contributed by atoms with Gasteiger partial charge >= 0.3 is 0 Å². The second-order valence-corrected chi connectivity index (χ2v) is 5.89. The van der Waals surface area contributed by atoms with Crippen LogP contribution in [0.3, 0.4) is 0 Å². The minimum absolute atomic E-state index is 0.654. The Hall–Kier alpha value is -0.190. The highest BCUT2D eigenvalue weighted by atomic mass is 32.2. The zero-order chi connectivity index (χ0) is 9.10. The molecule has 4 heteroatoms. The summed E-state index contributed by atoms with van der Waals surface area (Å²) in [5, 5.41) is 5.23. The van der Waals surface area contributed by atoms with Gasteiger partial charge in [-0.2, -0.15) is 0 Å². The van der Waals surface area contributed by atoms with Gasteiger partial charge in [-0.05, 0) is 17.4 Å². The zero-order valence-electron chi connectivity index (χ0n) is 7.36. The van der Waals surface area contributed by atoms with E-state index in [9.17, 15) is 4.21 Å². The minimum atomic E-state index is -0.658. The maximum Gasteiger partial charge on any atom is 0.0579 e. The van der Waals surface area contributed by atoms with E-state index in [1.807, 2.05) is 11.4 Å². The fourth-order valence-corrected chi connectivity index (χ4v) is 3.79. The summed E-state index contributed by atoms with van der Waals surface area (Å²) in [6, 6.07) is 4.07. The van der Waals surface area contributed by atoms with Crippen LogP contribution in [0, 0.1) is 5.92 Å².